The summed E-state index contributed by atoms with van der Waals surface area (Å²) in [5.74, 6) is -0.907. The number of carbonyl (C=O) groups excluding carboxylic acids is 1. The Balaban J connectivity index is 3.83. The normalized spacial score (nSPS) is 13.8. The lowest BCUT2D eigenvalue weighted by molar-refractivity contribution is -0.122. The highest BCUT2D eigenvalue weighted by atomic mass is 32.2. The number of nitrogens with one attached hydrogen (secondary N) is 1. The van der Waals surface area contributed by atoms with Crippen molar-refractivity contribution in [3.63, 3.8) is 0 Å². The van der Waals surface area contributed by atoms with Crippen LogP contribution in [0.4, 0.5) is 0 Å². The van der Waals surface area contributed by atoms with Crippen molar-refractivity contribution in [2.75, 3.05) is 5.75 Å². The summed E-state index contributed by atoms with van der Waals surface area (Å²) in [4.78, 5) is 12.4. The molecule has 0 radical (unpaired) electrons. The van der Waals surface area contributed by atoms with Crippen molar-refractivity contribution in [2.24, 2.45) is 0 Å². The van der Waals surface area contributed by atoms with Gasteiger partial charge in [-0.2, -0.15) is 8.42 Å². The average Bonchev–Trinajstić information content (AvgIpc) is 2.90. The van der Waals surface area contributed by atoms with E-state index in [-0.39, 0.29) is 5.91 Å². The zero-order valence-corrected chi connectivity index (χ0v) is 26.8. The highest BCUT2D eigenvalue weighted by Crippen LogP contribution is 2.14. The Labute approximate surface area is 247 Å². The smallest absolute Gasteiger partial charge is 0.266 e. The van der Waals surface area contributed by atoms with Gasteiger partial charge in [-0.3, -0.25) is 9.35 Å². The summed E-state index contributed by atoms with van der Waals surface area (Å²) in [7, 11) is -4.29. The van der Waals surface area contributed by atoms with E-state index < -0.39 is 28.0 Å². The quantitative estimate of drug-likeness (QED) is 0.0462. The predicted molar refractivity (Wildman–Crippen MR) is 170 cm³/mol. The summed E-state index contributed by atoms with van der Waals surface area (Å²) in [6.45, 7) is 4.40. The first-order valence-electron chi connectivity index (χ1n) is 16.5. The minimum atomic E-state index is -4.29. The molecular formula is C33H63NO5S. The van der Waals surface area contributed by atoms with E-state index in [2.05, 4.69) is 43.5 Å². The maximum absolute atomic E-state index is 12.4. The third-order valence-corrected chi connectivity index (χ3v) is 8.19. The predicted octanol–water partition coefficient (Wildman–Crippen LogP) is 8.84. The minimum absolute atomic E-state index is 0.257. The van der Waals surface area contributed by atoms with Crippen molar-refractivity contribution < 1.29 is 22.9 Å². The molecule has 40 heavy (non-hydrogen) atoms. The fourth-order valence-corrected chi connectivity index (χ4v) is 5.65. The number of allylic oxidation sites excluding steroid dienone is 4. The van der Waals surface area contributed by atoms with Crippen molar-refractivity contribution in [1.29, 1.82) is 0 Å². The van der Waals surface area contributed by atoms with Crippen molar-refractivity contribution in [2.45, 2.75) is 174 Å². The van der Waals surface area contributed by atoms with E-state index in [4.69, 9.17) is 0 Å². The van der Waals surface area contributed by atoms with E-state index >= 15 is 0 Å². The van der Waals surface area contributed by atoms with E-state index in [9.17, 15) is 22.9 Å². The van der Waals surface area contributed by atoms with Gasteiger partial charge in [-0.15, -0.1) is 0 Å². The van der Waals surface area contributed by atoms with Crippen molar-refractivity contribution >= 4 is 16.0 Å². The lowest BCUT2D eigenvalue weighted by Gasteiger charge is -2.23. The van der Waals surface area contributed by atoms with Crippen LogP contribution >= 0.6 is 0 Å². The summed E-state index contributed by atoms with van der Waals surface area (Å²) >= 11 is 0. The third-order valence-electron chi connectivity index (χ3n) is 7.41. The number of aliphatic hydroxyl groups excluding tert-OH is 1. The Bertz CT molecular complexity index is 735. The molecule has 0 fully saturated rings. The first-order chi connectivity index (χ1) is 19.3. The van der Waals surface area contributed by atoms with Gasteiger partial charge >= 0.3 is 0 Å². The number of carbonyl (C=O) groups is 1. The standard InChI is InChI=1S/C33H63NO5S/c1-3-5-7-9-11-12-13-14-15-16-17-18-19-20-21-22-23-25-27-29-33(36)34-31(30-40(37,38)39)32(35)28-26-24-10-8-6-4-2/h11-12,14-15,31-32,35H,3-10,13,16-30H2,1-2H3,(H,34,36)(H,37,38,39)/b12-11-,15-14-. The summed E-state index contributed by atoms with van der Waals surface area (Å²) in [6.07, 6.45) is 33.0. The minimum Gasteiger partial charge on any atom is -0.391 e. The summed E-state index contributed by atoms with van der Waals surface area (Å²) < 4.78 is 32.1. The van der Waals surface area contributed by atoms with Crippen LogP contribution < -0.4 is 5.32 Å². The lowest BCUT2D eigenvalue weighted by Crippen LogP contribution is -2.47. The van der Waals surface area contributed by atoms with E-state index in [1.807, 2.05) is 0 Å². The molecule has 0 saturated heterocycles. The molecule has 2 atom stereocenters. The molecule has 0 aromatic rings. The number of aliphatic hydroxyl groups is 1. The zero-order valence-electron chi connectivity index (χ0n) is 26.0. The Hall–Kier alpha value is -1.18. The summed E-state index contributed by atoms with van der Waals surface area (Å²) in [5.41, 5.74) is 0. The van der Waals surface area contributed by atoms with Crippen LogP contribution in [0.3, 0.4) is 0 Å². The van der Waals surface area contributed by atoms with Crippen molar-refractivity contribution in [3.8, 4) is 0 Å². The molecule has 0 aromatic carbocycles. The second-order valence-electron chi connectivity index (χ2n) is 11.4. The fourth-order valence-electron chi connectivity index (χ4n) is 4.89. The van der Waals surface area contributed by atoms with Gasteiger partial charge in [0.25, 0.3) is 10.1 Å². The molecule has 236 valence electrons. The van der Waals surface area contributed by atoms with Gasteiger partial charge in [0.05, 0.1) is 17.9 Å². The van der Waals surface area contributed by atoms with Crippen molar-refractivity contribution in [3.05, 3.63) is 24.3 Å². The van der Waals surface area contributed by atoms with Crippen LogP contribution in [0.1, 0.15) is 162 Å². The fraction of sp³-hybridized carbons (Fsp3) is 0.848. The number of hydrogen-bond acceptors (Lipinski definition) is 4. The molecule has 0 aliphatic rings. The molecule has 0 saturated carbocycles. The lowest BCUT2D eigenvalue weighted by atomic mass is 10.0. The van der Waals surface area contributed by atoms with Crippen LogP contribution in [0.15, 0.2) is 24.3 Å². The Morgan fingerprint density at radius 1 is 0.675 bits per heavy atom. The second-order valence-corrected chi connectivity index (χ2v) is 12.9. The van der Waals surface area contributed by atoms with E-state index in [0.717, 1.165) is 51.4 Å². The average molecular weight is 586 g/mol. The van der Waals surface area contributed by atoms with Crippen LogP contribution in [0.5, 0.6) is 0 Å². The van der Waals surface area contributed by atoms with Crippen LogP contribution in [-0.4, -0.2) is 41.9 Å². The highest BCUT2D eigenvalue weighted by Gasteiger charge is 2.26. The van der Waals surface area contributed by atoms with Gasteiger partial charge in [0, 0.05) is 6.42 Å². The number of rotatable bonds is 29. The Morgan fingerprint density at radius 2 is 1.12 bits per heavy atom. The van der Waals surface area contributed by atoms with Gasteiger partial charge < -0.3 is 10.4 Å². The molecule has 0 aliphatic carbocycles. The molecule has 1 amide bonds. The van der Waals surface area contributed by atoms with Crippen LogP contribution in [-0.2, 0) is 14.9 Å². The topological polar surface area (TPSA) is 104 Å². The molecule has 2 unspecified atom stereocenters. The molecule has 0 aliphatic heterocycles. The monoisotopic (exact) mass is 585 g/mol. The van der Waals surface area contributed by atoms with Gasteiger partial charge in [0.1, 0.15) is 0 Å². The summed E-state index contributed by atoms with van der Waals surface area (Å²) in [5, 5.41) is 13.1. The first kappa shape index (κ1) is 38.8. The van der Waals surface area contributed by atoms with Crippen LogP contribution in [0.25, 0.3) is 0 Å². The van der Waals surface area contributed by atoms with Gasteiger partial charge in [0.2, 0.25) is 5.91 Å². The molecule has 0 spiro atoms. The SMILES string of the molecule is CCCCC/C=C\C/C=C\CCCCCCCCCCCC(=O)NC(CS(=O)(=O)O)C(O)CCCCCCCC. The van der Waals surface area contributed by atoms with Crippen LogP contribution in [0, 0.1) is 0 Å². The van der Waals surface area contributed by atoms with Gasteiger partial charge in [-0.1, -0.05) is 134 Å². The van der Waals surface area contributed by atoms with Crippen molar-refractivity contribution in [1.82, 2.24) is 5.32 Å². The molecule has 6 nitrogen and oxygen atoms in total. The molecule has 0 heterocycles. The largest absolute Gasteiger partial charge is 0.391 e. The summed E-state index contributed by atoms with van der Waals surface area (Å²) in [6, 6.07) is -0.967. The van der Waals surface area contributed by atoms with Gasteiger partial charge in [-0.25, -0.2) is 0 Å². The molecule has 3 N–H and O–H groups in total. The van der Waals surface area contributed by atoms with Crippen LogP contribution in [0.2, 0.25) is 0 Å². The molecular weight excluding hydrogens is 522 g/mol. The molecule has 0 bridgehead atoms. The van der Waals surface area contributed by atoms with Gasteiger partial charge in [0.15, 0.2) is 0 Å². The van der Waals surface area contributed by atoms with E-state index in [1.54, 1.807) is 0 Å². The second kappa shape index (κ2) is 28.0. The van der Waals surface area contributed by atoms with E-state index in [1.165, 1.54) is 83.5 Å². The van der Waals surface area contributed by atoms with Gasteiger partial charge in [-0.05, 0) is 44.9 Å². The Kier molecular flexibility index (Phi) is 27.1. The maximum atomic E-state index is 12.4. The first-order valence-corrected chi connectivity index (χ1v) is 18.1. The highest BCUT2D eigenvalue weighted by molar-refractivity contribution is 7.85. The van der Waals surface area contributed by atoms with E-state index in [0.29, 0.717) is 12.8 Å². The molecule has 7 heteroatoms. The number of unbranched alkanes of at least 4 members (excludes halogenated alkanes) is 17. The Morgan fingerprint density at radius 3 is 1.68 bits per heavy atom. The third kappa shape index (κ3) is 28.4. The molecule has 0 aromatic heterocycles. The number of hydrogen-bond donors (Lipinski definition) is 3. The molecule has 0 rings (SSSR count). The zero-order chi connectivity index (χ0) is 29.7. The maximum Gasteiger partial charge on any atom is 0.266 e. The number of amides is 1.